The van der Waals surface area contributed by atoms with Crippen LogP contribution in [0.4, 0.5) is 10.2 Å². The molecule has 1 saturated carbocycles. The van der Waals surface area contributed by atoms with Crippen LogP contribution >= 0.6 is 0 Å². The van der Waals surface area contributed by atoms with Crippen LogP contribution in [0.15, 0.2) is 48.7 Å². The van der Waals surface area contributed by atoms with Crippen molar-refractivity contribution in [2.45, 2.75) is 25.9 Å². The van der Waals surface area contributed by atoms with Crippen molar-refractivity contribution in [1.29, 1.82) is 0 Å². The van der Waals surface area contributed by atoms with Gasteiger partial charge in [0.25, 0.3) is 0 Å². The van der Waals surface area contributed by atoms with Crippen LogP contribution in [0.2, 0.25) is 0 Å². The molecular formula is C19H19FN2O3. The molecule has 0 radical (unpaired) electrons. The van der Waals surface area contributed by atoms with Crippen molar-refractivity contribution in [2.24, 2.45) is 11.8 Å². The van der Waals surface area contributed by atoms with Crippen LogP contribution < -0.4 is 5.32 Å². The zero-order chi connectivity index (χ0) is 17.6. The first kappa shape index (κ1) is 17.1. The Kier molecular flexibility index (Phi) is 5.38. The van der Waals surface area contributed by atoms with Crippen molar-refractivity contribution in [1.82, 2.24) is 4.98 Å². The summed E-state index contributed by atoms with van der Waals surface area (Å²) in [4.78, 5) is 28.6. The fourth-order valence-corrected chi connectivity index (χ4v) is 3.06. The maximum Gasteiger partial charge on any atom is 0.310 e. The van der Waals surface area contributed by atoms with Crippen LogP contribution in [0.5, 0.6) is 0 Å². The Morgan fingerprint density at radius 2 is 1.88 bits per heavy atom. The molecule has 1 aliphatic carbocycles. The van der Waals surface area contributed by atoms with E-state index in [0.717, 1.165) is 18.2 Å². The normalized spacial score (nSPS) is 19.4. The van der Waals surface area contributed by atoms with Gasteiger partial charge in [0.2, 0.25) is 5.91 Å². The number of hydrogen-bond donors (Lipinski definition) is 1. The monoisotopic (exact) mass is 342 g/mol. The van der Waals surface area contributed by atoms with Crippen LogP contribution in [-0.2, 0) is 20.9 Å². The lowest BCUT2D eigenvalue weighted by molar-refractivity contribution is -0.152. The Hall–Kier alpha value is -2.76. The molecular weight excluding hydrogens is 323 g/mol. The summed E-state index contributed by atoms with van der Waals surface area (Å²) < 4.78 is 18.3. The number of rotatable bonds is 5. The largest absolute Gasteiger partial charge is 0.461 e. The fourth-order valence-electron chi connectivity index (χ4n) is 3.06. The predicted octanol–water partition coefficient (Wildman–Crippen LogP) is 3.32. The van der Waals surface area contributed by atoms with Gasteiger partial charge in [0.05, 0.1) is 18.0 Å². The van der Waals surface area contributed by atoms with Gasteiger partial charge in [-0.2, -0.15) is 0 Å². The maximum absolute atomic E-state index is 12.9. The number of aromatic nitrogens is 1. The summed E-state index contributed by atoms with van der Waals surface area (Å²) in [6, 6.07) is 12.0. The molecule has 5 nitrogen and oxygen atoms in total. The zero-order valence-corrected chi connectivity index (χ0v) is 13.7. The lowest BCUT2D eigenvalue weighted by Gasteiger charge is -2.18. The molecule has 0 aliphatic heterocycles. The second-order valence-corrected chi connectivity index (χ2v) is 6.09. The summed E-state index contributed by atoms with van der Waals surface area (Å²) in [7, 11) is 0. The van der Waals surface area contributed by atoms with Crippen LogP contribution in [0.1, 0.15) is 24.8 Å². The molecule has 1 unspecified atom stereocenters. The Balaban J connectivity index is 1.58. The van der Waals surface area contributed by atoms with Crippen molar-refractivity contribution in [2.75, 3.05) is 5.32 Å². The van der Waals surface area contributed by atoms with Crippen molar-refractivity contribution in [3.8, 4) is 0 Å². The number of anilines is 1. The highest BCUT2D eigenvalue weighted by molar-refractivity contribution is 5.94. The molecule has 1 N–H and O–H groups in total. The molecule has 6 heteroatoms. The SMILES string of the molecule is O=C(OCc1ccccc1)C1CCC[C@H]1C(=O)Nc1ccc(F)cn1. The fraction of sp³-hybridized carbons (Fsp3) is 0.316. The molecule has 2 aromatic rings. The van der Waals surface area contributed by atoms with Gasteiger partial charge in [-0.15, -0.1) is 0 Å². The summed E-state index contributed by atoms with van der Waals surface area (Å²) in [5.41, 5.74) is 0.908. The lowest BCUT2D eigenvalue weighted by atomic mass is 9.95. The number of nitrogens with zero attached hydrogens (tertiary/aromatic N) is 1. The summed E-state index contributed by atoms with van der Waals surface area (Å²) >= 11 is 0. The van der Waals surface area contributed by atoms with E-state index in [1.807, 2.05) is 30.3 Å². The van der Waals surface area contributed by atoms with Gasteiger partial charge in [-0.3, -0.25) is 9.59 Å². The van der Waals surface area contributed by atoms with Crippen LogP contribution in [0.3, 0.4) is 0 Å². The standard InChI is InChI=1S/C19H19FN2O3/c20-14-9-10-17(21-11-14)22-18(23)15-7-4-8-16(15)19(24)25-12-13-5-2-1-3-6-13/h1-3,5-6,9-11,15-16H,4,7-8,12H2,(H,21,22,23)/t15-,16?/m1/s1. The van der Waals surface area contributed by atoms with E-state index in [1.165, 1.54) is 12.1 Å². The van der Waals surface area contributed by atoms with Crippen molar-refractivity contribution in [3.05, 3.63) is 60.0 Å². The molecule has 1 fully saturated rings. The van der Waals surface area contributed by atoms with E-state index in [0.29, 0.717) is 12.8 Å². The van der Waals surface area contributed by atoms with Crippen molar-refractivity contribution in [3.63, 3.8) is 0 Å². The van der Waals surface area contributed by atoms with Crippen molar-refractivity contribution >= 4 is 17.7 Å². The van der Waals surface area contributed by atoms with Crippen LogP contribution in [0.25, 0.3) is 0 Å². The van der Waals surface area contributed by atoms with Gasteiger partial charge < -0.3 is 10.1 Å². The first-order valence-corrected chi connectivity index (χ1v) is 8.26. The molecule has 1 amide bonds. The van der Waals surface area contributed by atoms with Gasteiger partial charge in [-0.05, 0) is 30.5 Å². The first-order chi connectivity index (χ1) is 12.1. The van der Waals surface area contributed by atoms with Crippen LogP contribution in [0, 0.1) is 17.7 Å². The number of amides is 1. The number of benzene rings is 1. The second kappa shape index (κ2) is 7.88. The minimum atomic E-state index is -0.471. The minimum absolute atomic E-state index is 0.198. The molecule has 1 aliphatic rings. The van der Waals surface area contributed by atoms with Gasteiger partial charge in [0, 0.05) is 0 Å². The zero-order valence-electron chi connectivity index (χ0n) is 13.7. The van der Waals surface area contributed by atoms with E-state index in [9.17, 15) is 14.0 Å². The lowest BCUT2D eigenvalue weighted by Crippen LogP contribution is -2.31. The third kappa shape index (κ3) is 4.41. The number of ether oxygens (including phenoxy) is 1. The van der Waals surface area contributed by atoms with Gasteiger partial charge in [-0.1, -0.05) is 36.8 Å². The quantitative estimate of drug-likeness (QED) is 0.847. The highest BCUT2D eigenvalue weighted by Crippen LogP contribution is 2.33. The number of nitrogens with one attached hydrogen (secondary N) is 1. The number of hydrogen-bond acceptors (Lipinski definition) is 4. The number of pyridine rings is 1. The van der Waals surface area contributed by atoms with E-state index >= 15 is 0 Å². The van der Waals surface area contributed by atoms with E-state index in [4.69, 9.17) is 4.74 Å². The third-order valence-corrected chi connectivity index (χ3v) is 4.36. The highest BCUT2D eigenvalue weighted by atomic mass is 19.1. The van der Waals surface area contributed by atoms with E-state index in [-0.39, 0.29) is 24.3 Å². The van der Waals surface area contributed by atoms with E-state index < -0.39 is 17.7 Å². The predicted molar refractivity (Wildman–Crippen MR) is 89.9 cm³/mol. The molecule has 1 heterocycles. The van der Waals surface area contributed by atoms with Gasteiger partial charge >= 0.3 is 5.97 Å². The molecule has 1 aromatic carbocycles. The molecule has 0 spiro atoms. The molecule has 0 bridgehead atoms. The van der Waals surface area contributed by atoms with Gasteiger partial charge in [0.1, 0.15) is 18.2 Å². The summed E-state index contributed by atoms with van der Waals surface area (Å²) in [6.45, 7) is 0.198. The van der Waals surface area contributed by atoms with Crippen LogP contribution in [-0.4, -0.2) is 16.9 Å². The van der Waals surface area contributed by atoms with Crippen molar-refractivity contribution < 1.29 is 18.7 Å². The maximum atomic E-state index is 12.9. The molecule has 0 saturated heterocycles. The third-order valence-electron chi connectivity index (χ3n) is 4.36. The van der Waals surface area contributed by atoms with E-state index in [2.05, 4.69) is 10.3 Å². The number of carbonyl (C=O) groups is 2. The number of halogens is 1. The summed E-state index contributed by atoms with van der Waals surface area (Å²) in [5.74, 6) is -1.73. The molecule has 130 valence electrons. The molecule has 3 rings (SSSR count). The van der Waals surface area contributed by atoms with Gasteiger partial charge in [0.15, 0.2) is 0 Å². The summed E-state index contributed by atoms with van der Waals surface area (Å²) in [6.07, 6.45) is 3.08. The molecule has 2 atom stereocenters. The Labute approximate surface area is 145 Å². The second-order valence-electron chi connectivity index (χ2n) is 6.09. The molecule has 25 heavy (non-hydrogen) atoms. The Morgan fingerprint density at radius 3 is 2.60 bits per heavy atom. The average Bonchev–Trinajstić information content (AvgIpc) is 3.12. The Morgan fingerprint density at radius 1 is 1.12 bits per heavy atom. The Bertz CT molecular complexity index is 734. The number of carbonyl (C=O) groups excluding carboxylic acids is 2. The average molecular weight is 342 g/mol. The van der Waals surface area contributed by atoms with E-state index in [1.54, 1.807) is 0 Å². The summed E-state index contributed by atoms with van der Waals surface area (Å²) in [5, 5.41) is 2.65. The smallest absolute Gasteiger partial charge is 0.310 e. The topological polar surface area (TPSA) is 68.3 Å². The first-order valence-electron chi connectivity index (χ1n) is 8.26. The minimum Gasteiger partial charge on any atom is -0.461 e. The van der Waals surface area contributed by atoms with Gasteiger partial charge in [-0.25, -0.2) is 9.37 Å². The molecule has 1 aromatic heterocycles. The highest BCUT2D eigenvalue weighted by Gasteiger charge is 2.38. The number of esters is 1.